The van der Waals surface area contributed by atoms with E-state index in [1.807, 2.05) is 6.92 Å². The van der Waals surface area contributed by atoms with E-state index in [0.29, 0.717) is 11.4 Å². The summed E-state index contributed by atoms with van der Waals surface area (Å²) in [4.78, 5) is 16.1. The number of nitrogen functional groups attached to an aromatic ring is 1. The van der Waals surface area contributed by atoms with Crippen molar-refractivity contribution in [2.45, 2.75) is 39.7 Å². The molecule has 1 aromatic rings. The molecule has 1 rings (SSSR count). The first-order valence-corrected chi connectivity index (χ1v) is 5.86. The third-order valence-electron chi connectivity index (χ3n) is 2.68. The minimum Gasteiger partial charge on any atom is -0.349 e. The molecule has 0 aliphatic rings. The van der Waals surface area contributed by atoms with Crippen LogP contribution in [0.3, 0.4) is 0 Å². The first-order chi connectivity index (χ1) is 8.10. The van der Waals surface area contributed by atoms with Crippen molar-refractivity contribution in [1.29, 1.82) is 0 Å². The number of pyridine rings is 1. The number of amides is 1. The van der Waals surface area contributed by atoms with Crippen molar-refractivity contribution in [2.24, 2.45) is 5.84 Å². The fourth-order valence-corrected chi connectivity index (χ4v) is 1.64. The Morgan fingerprint density at radius 2 is 2.06 bits per heavy atom. The average molecular weight is 236 g/mol. The zero-order valence-electron chi connectivity index (χ0n) is 10.6. The Balaban J connectivity index is 2.84. The molecule has 0 saturated carbocycles. The lowest BCUT2D eigenvalue weighted by atomic mass is 10.1. The van der Waals surface area contributed by atoms with Gasteiger partial charge in [0.25, 0.3) is 5.91 Å². The van der Waals surface area contributed by atoms with Crippen LogP contribution in [0.1, 0.15) is 42.7 Å². The predicted octanol–water partition coefficient (Wildman–Crippen LogP) is 1.59. The van der Waals surface area contributed by atoms with E-state index in [1.165, 1.54) is 0 Å². The Morgan fingerprint density at radius 1 is 1.41 bits per heavy atom. The Kier molecular flexibility index (Phi) is 4.90. The van der Waals surface area contributed by atoms with Crippen molar-refractivity contribution in [3.05, 3.63) is 23.4 Å². The number of hydrogen-bond donors (Lipinski definition) is 3. The van der Waals surface area contributed by atoms with Crippen LogP contribution in [0, 0.1) is 6.92 Å². The maximum Gasteiger partial charge on any atom is 0.251 e. The van der Waals surface area contributed by atoms with Crippen LogP contribution in [0.25, 0.3) is 0 Å². The molecule has 1 aromatic heterocycles. The van der Waals surface area contributed by atoms with E-state index in [1.54, 1.807) is 12.1 Å². The summed E-state index contributed by atoms with van der Waals surface area (Å²) in [5, 5.41) is 2.98. The molecule has 0 aliphatic carbocycles. The summed E-state index contributed by atoms with van der Waals surface area (Å²) in [5.74, 6) is 5.71. The number of carbonyl (C=O) groups is 1. The molecule has 4 N–H and O–H groups in total. The molecule has 0 aromatic carbocycles. The lowest BCUT2D eigenvalue weighted by molar-refractivity contribution is 0.0934. The maximum atomic E-state index is 12.0. The highest BCUT2D eigenvalue weighted by Gasteiger charge is 2.12. The zero-order chi connectivity index (χ0) is 12.8. The third kappa shape index (κ3) is 3.71. The van der Waals surface area contributed by atoms with E-state index in [9.17, 15) is 4.79 Å². The largest absolute Gasteiger partial charge is 0.349 e. The highest BCUT2D eigenvalue weighted by molar-refractivity contribution is 5.95. The SMILES string of the molecule is CCC(CC)NC(=O)c1cc(C)nc(NN)c1. The van der Waals surface area contributed by atoms with Crippen molar-refractivity contribution < 1.29 is 4.79 Å². The number of nitrogens with one attached hydrogen (secondary N) is 2. The summed E-state index contributed by atoms with van der Waals surface area (Å²) < 4.78 is 0. The van der Waals surface area contributed by atoms with Gasteiger partial charge in [0.05, 0.1) is 0 Å². The zero-order valence-corrected chi connectivity index (χ0v) is 10.6. The van der Waals surface area contributed by atoms with Crippen molar-refractivity contribution >= 4 is 11.7 Å². The third-order valence-corrected chi connectivity index (χ3v) is 2.68. The van der Waals surface area contributed by atoms with Crippen LogP contribution in [0.5, 0.6) is 0 Å². The van der Waals surface area contributed by atoms with Crippen LogP contribution in [0.15, 0.2) is 12.1 Å². The second kappa shape index (κ2) is 6.20. The van der Waals surface area contributed by atoms with Crippen LogP contribution < -0.4 is 16.6 Å². The summed E-state index contributed by atoms with van der Waals surface area (Å²) in [5.41, 5.74) is 3.79. The Bertz CT molecular complexity index is 388. The summed E-state index contributed by atoms with van der Waals surface area (Å²) in [6, 6.07) is 3.61. The lowest BCUT2D eigenvalue weighted by Gasteiger charge is -2.15. The number of aryl methyl sites for hydroxylation is 1. The Hall–Kier alpha value is -1.62. The van der Waals surface area contributed by atoms with E-state index in [0.717, 1.165) is 18.5 Å². The molecule has 0 unspecified atom stereocenters. The van der Waals surface area contributed by atoms with Crippen LogP contribution in [0.4, 0.5) is 5.82 Å². The van der Waals surface area contributed by atoms with Crippen LogP contribution in [0.2, 0.25) is 0 Å². The molecule has 94 valence electrons. The molecule has 1 heterocycles. The molecule has 5 nitrogen and oxygen atoms in total. The van der Waals surface area contributed by atoms with Gasteiger partial charge in [-0.2, -0.15) is 0 Å². The van der Waals surface area contributed by atoms with Gasteiger partial charge in [0.2, 0.25) is 0 Å². The van der Waals surface area contributed by atoms with Crippen molar-refractivity contribution in [2.75, 3.05) is 5.43 Å². The highest BCUT2D eigenvalue weighted by Crippen LogP contribution is 2.10. The van der Waals surface area contributed by atoms with Crippen molar-refractivity contribution in [3.8, 4) is 0 Å². The molecule has 0 fully saturated rings. The first kappa shape index (κ1) is 13.4. The number of aromatic nitrogens is 1. The van der Waals surface area contributed by atoms with E-state index >= 15 is 0 Å². The number of hydrogen-bond acceptors (Lipinski definition) is 4. The molecule has 0 radical (unpaired) electrons. The normalized spacial score (nSPS) is 10.4. The number of carbonyl (C=O) groups excluding carboxylic acids is 1. The van der Waals surface area contributed by atoms with Gasteiger partial charge in [-0.1, -0.05) is 13.8 Å². The van der Waals surface area contributed by atoms with E-state index < -0.39 is 0 Å². The van der Waals surface area contributed by atoms with Gasteiger partial charge in [0, 0.05) is 17.3 Å². The van der Waals surface area contributed by atoms with Gasteiger partial charge in [-0.15, -0.1) is 0 Å². The summed E-state index contributed by atoms with van der Waals surface area (Å²) in [6.07, 6.45) is 1.85. The van der Waals surface area contributed by atoms with Gasteiger partial charge in [0.15, 0.2) is 0 Å². The summed E-state index contributed by atoms with van der Waals surface area (Å²) in [6.45, 7) is 5.94. The standard InChI is InChI=1S/C12H20N4O/c1-4-10(5-2)15-12(17)9-6-8(3)14-11(7-9)16-13/h6-7,10H,4-5,13H2,1-3H3,(H,14,16)(H,15,17). The lowest BCUT2D eigenvalue weighted by Crippen LogP contribution is -2.34. The van der Waals surface area contributed by atoms with E-state index in [4.69, 9.17) is 5.84 Å². The number of nitrogens with two attached hydrogens (primary N) is 1. The number of nitrogens with zero attached hydrogens (tertiary/aromatic N) is 1. The van der Waals surface area contributed by atoms with Gasteiger partial charge >= 0.3 is 0 Å². The minimum atomic E-state index is -0.0827. The fourth-order valence-electron chi connectivity index (χ4n) is 1.64. The van der Waals surface area contributed by atoms with Crippen molar-refractivity contribution in [3.63, 3.8) is 0 Å². The maximum absolute atomic E-state index is 12.0. The number of hydrazine groups is 1. The van der Waals surface area contributed by atoms with Gasteiger partial charge in [-0.05, 0) is 31.9 Å². The van der Waals surface area contributed by atoms with Crippen LogP contribution in [-0.2, 0) is 0 Å². The van der Waals surface area contributed by atoms with Crippen LogP contribution >= 0.6 is 0 Å². The molecule has 0 aliphatic heterocycles. The van der Waals surface area contributed by atoms with Crippen LogP contribution in [-0.4, -0.2) is 16.9 Å². The highest BCUT2D eigenvalue weighted by atomic mass is 16.1. The molecule has 17 heavy (non-hydrogen) atoms. The Labute approximate surface area is 102 Å². The molecule has 0 spiro atoms. The second-order valence-corrected chi connectivity index (χ2v) is 4.01. The molecule has 0 atom stereocenters. The number of anilines is 1. The monoisotopic (exact) mass is 236 g/mol. The van der Waals surface area contributed by atoms with Gasteiger partial charge in [-0.3, -0.25) is 4.79 Å². The number of rotatable bonds is 5. The van der Waals surface area contributed by atoms with Gasteiger partial charge in [-0.25, -0.2) is 10.8 Å². The quantitative estimate of drug-likeness (QED) is 0.536. The summed E-state index contributed by atoms with van der Waals surface area (Å²) >= 11 is 0. The molecular formula is C12H20N4O. The predicted molar refractivity (Wildman–Crippen MR) is 68.6 cm³/mol. The van der Waals surface area contributed by atoms with E-state index in [2.05, 4.69) is 29.6 Å². The Morgan fingerprint density at radius 3 is 2.59 bits per heavy atom. The molecule has 5 heteroatoms. The first-order valence-electron chi connectivity index (χ1n) is 5.86. The topological polar surface area (TPSA) is 80.0 Å². The molecule has 1 amide bonds. The fraction of sp³-hybridized carbons (Fsp3) is 0.500. The molecule has 0 saturated heterocycles. The van der Waals surface area contributed by atoms with E-state index in [-0.39, 0.29) is 11.9 Å². The molecule has 0 bridgehead atoms. The summed E-state index contributed by atoms with van der Waals surface area (Å²) in [7, 11) is 0. The van der Waals surface area contributed by atoms with Gasteiger partial charge < -0.3 is 10.7 Å². The second-order valence-electron chi connectivity index (χ2n) is 4.01. The average Bonchev–Trinajstić information content (AvgIpc) is 2.34. The smallest absolute Gasteiger partial charge is 0.251 e. The minimum absolute atomic E-state index is 0.0827. The van der Waals surface area contributed by atoms with Gasteiger partial charge in [0.1, 0.15) is 5.82 Å². The van der Waals surface area contributed by atoms with Crippen molar-refractivity contribution in [1.82, 2.24) is 10.3 Å². The molecular weight excluding hydrogens is 216 g/mol.